The Kier molecular flexibility index (Phi) is 6.36. The molecule has 0 radical (unpaired) electrons. The van der Waals surface area contributed by atoms with Gasteiger partial charge in [0, 0.05) is 25.3 Å². The van der Waals surface area contributed by atoms with Crippen molar-refractivity contribution in [3.8, 4) is 0 Å². The predicted octanol–water partition coefficient (Wildman–Crippen LogP) is 2.48. The van der Waals surface area contributed by atoms with Crippen LogP contribution in [0.1, 0.15) is 19.4 Å². The smallest absolute Gasteiger partial charge is 0.135 e. The van der Waals surface area contributed by atoms with Crippen molar-refractivity contribution in [3.05, 3.63) is 29.6 Å². The molecule has 0 aliphatic carbocycles. The van der Waals surface area contributed by atoms with Crippen LogP contribution < -0.4 is 10.6 Å². The quantitative estimate of drug-likeness (QED) is 0.784. The monoisotopic (exact) mass is 297 g/mol. The van der Waals surface area contributed by atoms with Crippen LogP contribution in [-0.2, 0) is 0 Å². The highest BCUT2D eigenvalue weighted by atomic mass is 32.1. The Morgan fingerprint density at radius 1 is 1.30 bits per heavy atom. The van der Waals surface area contributed by atoms with E-state index in [2.05, 4.69) is 23.6 Å². The van der Waals surface area contributed by atoms with Crippen LogP contribution in [0.2, 0.25) is 0 Å². The molecule has 2 N–H and O–H groups in total. The summed E-state index contributed by atoms with van der Waals surface area (Å²) in [6.07, 6.45) is 0. The fourth-order valence-electron chi connectivity index (χ4n) is 2.09. The molecule has 0 amide bonds. The van der Waals surface area contributed by atoms with Gasteiger partial charge in [-0.3, -0.25) is 0 Å². The Balaban J connectivity index is 3.12. The minimum atomic E-state index is -0.353. The molecule has 0 atom stereocenters. The summed E-state index contributed by atoms with van der Waals surface area (Å²) in [6.45, 7) is 6.82. The summed E-state index contributed by atoms with van der Waals surface area (Å²) >= 11 is 5.01. The zero-order valence-corrected chi connectivity index (χ0v) is 13.5. The lowest BCUT2D eigenvalue weighted by atomic mass is 10.1. The summed E-state index contributed by atoms with van der Waals surface area (Å²) in [7, 11) is 4.04. The molecule has 0 unspecified atom stereocenters. The molecule has 0 fully saturated rings. The molecule has 5 heteroatoms. The van der Waals surface area contributed by atoms with Gasteiger partial charge in [-0.05, 0) is 32.1 Å². The standard InChI is InChI=1S/C15H24FN3S/c1-11(2)10-19(9-8-18(3)4)13-7-5-6-12(16)14(13)15(17)20/h5-7,11H,8-10H2,1-4H3,(H2,17,20). The molecule has 0 spiro atoms. The summed E-state index contributed by atoms with van der Waals surface area (Å²) in [4.78, 5) is 4.37. The van der Waals surface area contributed by atoms with Gasteiger partial charge >= 0.3 is 0 Å². The number of likely N-dealkylation sites (N-methyl/N-ethyl adjacent to an activating group) is 1. The molecule has 112 valence electrons. The number of benzene rings is 1. The topological polar surface area (TPSA) is 32.5 Å². The Bertz CT molecular complexity index is 460. The van der Waals surface area contributed by atoms with E-state index in [1.165, 1.54) is 6.07 Å². The minimum absolute atomic E-state index is 0.108. The van der Waals surface area contributed by atoms with E-state index >= 15 is 0 Å². The highest BCUT2D eigenvalue weighted by molar-refractivity contribution is 7.80. The van der Waals surface area contributed by atoms with Crippen LogP contribution in [0.5, 0.6) is 0 Å². The second-order valence-corrected chi connectivity index (χ2v) is 6.08. The Morgan fingerprint density at radius 2 is 1.95 bits per heavy atom. The van der Waals surface area contributed by atoms with Crippen LogP contribution in [0.15, 0.2) is 18.2 Å². The minimum Gasteiger partial charge on any atom is -0.389 e. The van der Waals surface area contributed by atoms with Gasteiger partial charge in [0.15, 0.2) is 0 Å². The molecule has 0 bridgehead atoms. The zero-order valence-electron chi connectivity index (χ0n) is 12.7. The van der Waals surface area contributed by atoms with Crippen LogP contribution in [0, 0.1) is 11.7 Å². The van der Waals surface area contributed by atoms with E-state index in [9.17, 15) is 4.39 Å². The highest BCUT2D eigenvalue weighted by Gasteiger charge is 2.17. The van der Waals surface area contributed by atoms with Gasteiger partial charge < -0.3 is 15.5 Å². The highest BCUT2D eigenvalue weighted by Crippen LogP contribution is 2.24. The Labute approximate surface area is 126 Å². The summed E-state index contributed by atoms with van der Waals surface area (Å²) in [5, 5.41) is 0. The average Bonchev–Trinajstić information content (AvgIpc) is 2.33. The number of anilines is 1. The molecule has 1 aromatic rings. The lowest BCUT2D eigenvalue weighted by molar-refractivity contribution is 0.409. The summed E-state index contributed by atoms with van der Waals surface area (Å²) in [5.74, 6) is 0.119. The van der Waals surface area contributed by atoms with Gasteiger partial charge in [-0.1, -0.05) is 32.1 Å². The van der Waals surface area contributed by atoms with Gasteiger partial charge in [-0.15, -0.1) is 0 Å². The Hall–Kier alpha value is -1.20. The number of thiocarbonyl (C=S) groups is 1. The first kappa shape index (κ1) is 16.9. The van der Waals surface area contributed by atoms with Crippen LogP contribution in [0.3, 0.4) is 0 Å². The molecular weight excluding hydrogens is 273 g/mol. The lowest BCUT2D eigenvalue weighted by Gasteiger charge is -2.30. The van der Waals surface area contributed by atoms with Crippen molar-refractivity contribution >= 4 is 22.9 Å². The van der Waals surface area contributed by atoms with Crippen molar-refractivity contribution in [2.45, 2.75) is 13.8 Å². The molecule has 0 aliphatic rings. The second kappa shape index (κ2) is 7.55. The van der Waals surface area contributed by atoms with Crippen molar-refractivity contribution < 1.29 is 4.39 Å². The number of hydrogen-bond donors (Lipinski definition) is 1. The second-order valence-electron chi connectivity index (χ2n) is 5.64. The summed E-state index contributed by atoms with van der Waals surface area (Å²) in [5.41, 5.74) is 6.83. The van der Waals surface area contributed by atoms with E-state index < -0.39 is 0 Å². The van der Waals surface area contributed by atoms with Crippen molar-refractivity contribution in [3.63, 3.8) is 0 Å². The normalized spacial score (nSPS) is 11.2. The molecule has 1 rings (SSSR count). The maximum atomic E-state index is 14.0. The number of halogens is 1. The first-order valence-electron chi connectivity index (χ1n) is 6.81. The first-order valence-corrected chi connectivity index (χ1v) is 7.21. The van der Waals surface area contributed by atoms with E-state index in [0.717, 1.165) is 25.3 Å². The van der Waals surface area contributed by atoms with Crippen LogP contribution in [0.25, 0.3) is 0 Å². The largest absolute Gasteiger partial charge is 0.389 e. The van der Waals surface area contributed by atoms with Crippen molar-refractivity contribution in [1.82, 2.24) is 4.90 Å². The van der Waals surface area contributed by atoms with Crippen LogP contribution >= 0.6 is 12.2 Å². The van der Waals surface area contributed by atoms with E-state index in [0.29, 0.717) is 11.5 Å². The third kappa shape index (κ3) is 4.72. The molecule has 0 heterocycles. The van der Waals surface area contributed by atoms with Crippen LogP contribution in [-0.4, -0.2) is 43.6 Å². The third-order valence-electron chi connectivity index (χ3n) is 2.98. The fourth-order valence-corrected chi connectivity index (χ4v) is 2.29. The fraction of sp³-hybridized carbons (Fsp3) is 0.533. The van der Waals surface area contributed by atoms with Crippen molar-refractivity contribution in [2.24, 2.45) is 11.7 Å². The lowest BCUT2D eigenvalue weighted by Crippen LogP contribution is -2.36. The van der Waals surface area contributed by atoms with Gasteiger partial charge in [0.25, 0.3) is 0 Å². The average molecular weight is 297 g/mol. The SMILES string of the molecule is CC(C)CN(CCN(C)C)c1cccc(F)c1C(N)=S. The van der Waals surface area contributed by atoms with E-state index in [4.69, 9.17) is 18.0 Å². The molecule has 3 nitrogen and oxygen atoms in total. The summed E-state index contributed by atoms with van der Waals surface area (Å²) in [6, 6.07) is 4.99. The van der Waals surface area contributed by atoms with Gasteiger partial charge in [-0.25, -0.2) is 4.39 Å². The zero-order chi connectivity index (χ0) is 15.3. The maximum Gasteiger partial charge on any atom is 0.135 e. The van der Waals surface area contributed by atoms with Gasteiger partial charge in [0.1, 0.15) is 10.8 Å². The molecule has 0 saturated carbocycles. The molecule has 0 aliphatic heterocycles. The first-order chi connectivity index (χ1) is 9.32. The number of rotatable bonds is 7. The molecular formula is C15H24FN3S. The molecule has 0 aromatic heterocycles. The third-order valence-corrected chi connectivity index (χ3v) is 3.19. The maximum absolute atomic E-state index is 14.0. The van der Waals surface area contributed by atoms with E-state index in [1.54, 1.807) is 6.07 Å². The molecule has 0 saturated heterocycles. The molecule has 1 aromatic carbocycles. The number of nitrogens with two attached hydrogens (primary N) is 1. The van der Waals surface area contributed by atoms with Crippen molar-refractivity contribution in [2.75, 3.05) is 38.6 Å². The predicted molar refractivity (Wildman–Crippen MR) is 87.9 cm³/mol. The van der Waals surface area contributed by atoms with Gasteiger partial charge in [-0.2, -0.15) is 0 Å². The van der Waals surface area contributed by atoms with Gasteiger partial charge in [0.2, 0.25) is 0 Å². The number of hydrogen-bond acceptors (Lipinski definition) is 3. The van der Waals surface area contributed by atoms with Crippen molar-refractivity contribution in [1.29, 1.82) is 0 Å². The number of nitrogens with zero attached hydrogens (tertiary/aromatic N) is 2. The summed E-state index contributed by atoms with van der Waals surface area (Å²) < 4.78 is 14.0. The Morgan fingerprint density at radius 3 is 2.45 bits per heavy atom. The van der Waals surface area contributed by atoms with Crippen LogP contribution in [0.4, 0.5) is 10.1 Å². The molecule has 20 heavy (non-hydrogen) atoms. The van der Waals surface area contributed by atoms with E-state index in [1.807, 2.05) is 20.2 Å². The van der Waals surface area contributed by atoms with Gasteiger partial charge in [0.05, 0.1) is 5.56 Å². The van der Waals surface area contributed by atoms with E-state index in [-0.39, 0.29) is 10.8 Å².